The molecule has 1 aliphatic carbocycles. The Morgan fingerprint density at radius 2 is 2.38 bits per heavy atom. The molecule has 0 aromatic rings. The summed E-state index contributed by atoms with van der Waals surface area (Å²) in [6.45, 7) is 0. The Kier molecular flexibility index (Phi) is 3.09. The van der Waals surface area contributed by atoms with Crippen LogP contribution in [0.1, 0.15) is 12.8 Å². The molecule has 1 fully saturated rings. The fourth-order valence-electron chi connectivity index (χ4n) is 0.610. The zero-order valence-corrected chi connectivity index (χ0v) is 7.20. The average molecular weight is 182 g/mol. The molecule has 1 amide bonds. The van der Waals surface area contributed by atoms with Gasteiger partial charge in [-0.1, -0.05) is 0 Å². The zero-order chi connectivity index (χ0) is 9.68. The van der Waals surface area contributed by atoms with Crippen molar-refractivity contribution >= 4 is 11.9 Å². The van der Waals surface area contributed by atoms with Crippen molar-refractivity contribution < 1.29 is 9.63 Å². The minimum Gasteiger partial charge on any atom is -0.323 e. The third kappa shape index (κ3) is 3.42. The van der Waals surface area contributed by atoms with Gasteiger partial charge in [0.2, 0.25) is 5.84 Å². The number of nitriles is 1. The molecule has 13 heavy (non-hydrogen) atoms. The Morgan fingerprint density at radius 3 is 2.85 bits per heavy atom. The van der Waals surface area contributed by atoms with E-state index in [0.717, 1.165) is 12.8 Å². The number of nitrogens with zero attached hydrogens (tertiary/aromatic N) is 2. The SMILES string of the molecule is CNC(=O)ONC(C#N)=NC1CC1. The lowest BCUT2D eigenvalue weighted by atomic mass is 10.6. The van der Waals surface area contributed by atoms with Crippen molar-refractivity contribution in [1.29, 1.82) is 5.26 Å². The van der Waals surface area contributed by atoms with Crippen LogP contribution in [0.3, 0.4) is 0 Å². The fourth-order valence-corrected chi connectivity index (χ4v) is 0.610. The van der Waals surface area contributed by atoms with Crippen LogP contribution in [-0.2, 0) is 4.84 Å². The van der Waals surface area contributed by atoms with E-state index < -0.39 is 6.09 Å². The van der Waals surface area contributed by atoms with Crippen molar-refractivity contribution in [2.45, 2.75) is 18.9 Å². The number of amides is 1. The van der Waals surface area contributed by atoms with E-state index in [1.165, 1.54) is 7.05 Å². The van der Waals surface area contributed by atoms with E-state index in [2.05, 4.69) is 20.6 Å². The Balaban J connectivity index is 2.32. The first-order valence-electron chi connectivity index (χ1n) is 3.88. The van der Waals surface area contributed by atoms with E-state index in [-0.39, 0.29) is 11.9 Å². The Morgan fingerprint density at radius 1 is 1.69 bits per heavy atom. The van der Waals surface area contributed by atoms with Gasteiger partial charge in [0, 0.05) is 7.05 Å². The number of carbonyl (C=O) groups is 1. The summed E-state index contributed by atoms with van der Waals surface area (Å²) >= 11 is 0. The van der Waals surface area contributed by atoms with Crippen molar-refractivity contribution in [2.24, 2.45) is 4.99 Å². The molecule has 2 N–H and O–H groups in total. The maximum absolute atomic E-state index is 10.6. The molecule has 0 heterocycles. The van der Waals surface area contributed by atoms with Crippen molar-refractivity contribution in [3.05, 3.63) is 0 Å². The van der Waals surface area contributed by atoms with Gasteiger partial charge in [0.05, 0.1) is 6.04 Å². The summed E-state index contributed by atoms with van der Waals surface area (Å²) in [5.41, 5.74) is 2.17. The van der Waals surface area contributed by atoms with Crippen LogP contribution in [0.4, 0.5) is 4.79 Å². The van der Waals surface area contributed by atoms with Crippen LogP contribution in [0.2, 0.25) is 0 Å². The fraction of sp³-hybridized carbons (Fsp3) is 0.571. The van der Waals surface area contributed by atoms with Crippen LogP contribution < -0.4 is 10.8 Å². The van der Waals surface area contributed by atoms with Gasteiger partial charge >= 0.3 is 6.09 Å². The third-order valence-electron chi connectivity index (χ3n) is 1.41. The van der Waals surface area contributed by atoms with E-state index >= 15 is 0 Å². The van der Waals surface area contributed by atoms with Crippen LogP contribution in [0.5, 0.6) is 0 Å². The summed E-state index contributed by atoms with van der Waals surface area (Å²) in [5, 5.41) is 10.8. The number of hydrogen-bond donors (Lipinski definition) is 2. The molecule has 0 spiro atoms. The zero-order valence-electron chi connectivity index (χ0n) is 7.20. The monoisotopic (exact) mass is 182 g/mol. The van der Waals surface area contributed by atoms with Crippen molar-refractivity contribution in [2.75, 3.05) is 7.05 Å². The van der Waals surface area contributed by atoms with Crippen molar-refractivity contribution in [1.82, 2.24) is 10.8 Å². The maximum Gasteiger partial charge on any atom is 0.431 e. The highest BCUT2D eigenvalue weighted by Crippen LogP contribution is 2.23. The maximum atomic E-state index is 10.6. The average Bonchev–Trinajstić information content (AvgIpc) is 2.95. The third-order valence-corrected chi connectivity index (χ3v) is 1.41. The second-order valence-corrected chi connectivity index (χ2v) is 2.56. The first kappa shape index (κ1) is 9.32. The van der Waals surface area contributed by atoms with E-state index in [1.807, 2.05) is 0 Å². The van der Waals surface area contributed by atoms with Crippen molar-refractivity contribution in [3.63, 3.8) is 0 Å². The summed E-state index contributed by atoms with van der Waals surface area (Å²) in [5.74, 6) is 0.0334. The molecule has 0 aliphatic heterocycles. The molecule has 6 nitrogen and oxygen atoms in total. The van der Waals surface area contributed by atoms with Crippen molar-refractivity contribution in [3.8, 4) is 6.07 Å². The van der Waals surface area contributed by atoms with Gasteiger partial charge in [0.15, 0.2) is 0 Å². The van der Waals surface area contributed by atoms with Crippen LogP contribution in [0.25, 0.3) is 0 Å². The van der Waals surface area contributed by atoms with E-state index in [4.69, 9.17) is 5.26 Å². The molecule has 0 saturated heterocycles. The Bertz CT molecular complexity index is 264. The number of hydroxylamine groups is 1. The Hall–Kier alpha value is -1.77. The smallest absolute Gasteiger partial charge is 0.323 e. The summed E-state index contributed by atoms with van der Waals surface area (Å²) in [7, 11) is 1.42. The number of rotatable bonds is 1. The molecule has 1 saturated carbocycles. The van der Waals surface area contributed by atoms with Gasteiger partial charge in [-0.25, -0.2) is 4.79 Å². The van der Waals surface area contributed by atoms with Gasteiger partial charge in [-0.15, -0.1) is 0 Å². The molecule has 0 aromatic heterocycles. The van der Waals surface area contributed by atoms with E-state index in [0.29, 0.717) is 0 Å². The molecule has 6 heteroatoms. The van der Waals surface area contributed by atoms with Crippen LogP contribution in [-0.4, -0.2) is 25.0 Å². The molecule has 0 bridgehead atoms. The van der Waals surface area contributed by atoms with Gasteiger partial charge < -0.3 is 10.2 Å². The molecule has 0 radical (unpaired) electrons. The number of carbonyl (C=O) groups excluding carboxylic acids is 1. The lowest BCUT2D eigenvalue weighted by Gasteiger charge is -2.02. The van der Waals surface area contributed by atoms with E-state index in [9.17, 15) is 4.79 Å². The highest BCUT2D eigenvalue weighted by atomic mass is 16.7. The quantitative estimate of drug-likeness (QED) is 0.337. The predicted octanol–water partition coefficient (Wildman–Crippen LogP) is -0.0685. The minimum atomic E-state index is -0.654. The lowest BCUT2D eigenvalue weighted by Crippen LogP contribution is -2.31. The van der Waals surface area contributed by atoms with Crippen LogP contribution in [0.15, 0.2) is 4.99 Å². The number of aliphatic imine (C=N–C) groups is 1. The lowest BCUT2D eigenvalue weighted by molar-refractivity contribution is 0.123. The number of hydrogen-bond acceptors (Lipinski definition) is 4. The molecular formula is C7H10N4O2. The summed E-state index contributed by atoms with van der Waals surface area (Å²) in [6, 6.07) is 2.00. The van der Waals surface area contributed by atoms with Gasteiger partial charge in [-0.3, -0.25) is 4.99 Å². The standard InChI is InChI=1S/C7H10N4O2/c1-9-7(12)13-11-6(4-8)10-5-2-3-5/h5H,2-3H2,1H3,(H,9,12)(H,10,11). The summed E-state index contributed by atoms with van der Waals surface area (Å²) in [4.78, 5) is 18.9. The van der Waals surface area contributed by atoms with Crippen LogP contribution >= 0.6 is 0 Å². The normalized spacial score (nSPS) is 15.8. The summed E-state index contributed by atoms with van der Waals surface area (Å²) < 4.78 is 0. The highest BCUT2D eigenvalue weighted by molar-refractivity contribution is 5.96. The molecular weight excluding hydrogens is 172 g/mol. The van der Waals surface area contributed by atoms with Gasteiger partial charge in [-0.2, -0.15) is 10.7 Å². The first-order valence-corrected chi connectivity index (χ1v) is 3.88. The molecule has 0 aromatic carbocycles. The summed E-state index contributed by atoms with van der Waals surface area (Å²) in [6.07, 6.45) is 1.33. The van der Waals surface area contributed by atoms with Crippen LogP contribution in [0, 0.1) is 11.3 Å². The van der Waals surface area contributed by atoms with Gasteiger partial charge in [0.1, 0.15) is 6.07 Å². The second kappa shape index (κ2) is 4.30. The molecule has 0 atom stereocenters. The predicted molar refractivity (Wildman–Crippen MR) is 44.7 cm³/mol. The topological polar surface area (TPSA) is 86.5 Å². The van der Waals surface area contributed by atoms with E-state index in [1.54, 1.807) is 6.07 Å². The second-order valence-electron chi connectivity index (χ2n) is 2.56. The number of amidine groups is 1. The van der Waals surface area contributed by atoms with Gasteiger partial charge in [0.25, 0.3) is 0 Å². The largest absolute Gasteiger partial charge is 0.431 e. The molecule has 70 valence electrons. The first-order chi connectivity index (χ1) is 6.26. The van der Waals surface area contributed by atoms with Gasteiger partial charge in [-0.05, 0) is 12.8 Å². The molecule has 0 unspecified atom stereocenters. The minimum absolute atomic E-state index is 0.0334. The Labute approximate surface area is 75.5 Å². The number of nitrogens with one attached hydrogen (secondary N) is 2. The highest BCUT2D eigenvalue weighted by Gasteiger charge is 2.21. The molecule has 1 rings (SSSR count). The molecule has 1 aliphatic rings.